The first-order valence-electron chi connectivity index (χ1n) is 5.67. The first kappa shape index (κ1) is 12.5. The van der Waals surface area contributed by atoms with Gasteiger partial charge in [0.2, 0.25) is 0 Å². The molecule has 0 unspecified atom stereocenters. The van der Waals surface area contributed by atoms with Crippen LogP contribution in [0.1, 0.15) is 43.0 Å². The molecule has 1 heterocycles. The minimum absolute atomic E-state index is 0.219. The molecule has 0 aliphatic rings. The van der Waals surface area contributed by atoms with Crippen molar-refractivity contribution in [3.05, 3.63) is 23.9 Å². The third-order valence-electron chi connectivity index (χ3n) is 2.35. The number of carboxylic acid groups (broad SMARTS) is 1. The van der Waals surface area contributed by atoms with Gasteiger partial charge in [-0.05, 0) is 18.6 Å². The Balaban J connectivity index is 2.29. The first-order valence-corrected chi connectivity index (χ1v) is 5.67. The summed E-state index contributed by atoms with van der Waals surface area (Å²) in [5.74, 6) is -0.205. The molecule has 1 aromatic heterocycles. The third kappa shape index (κ3) is 4.29. The van der Waals surface area contributed by atoms with Crippen molar-refractivity contribution in [3.8, 4) is 0 Å². The Hall–Kier alpha value is -1.58. The van der Waals surface area contributed by atoms with Crippen LogP contribution in [0.25, 0.3) is 0 Å². The lowest BCUT2D eigenvalue weighted by molar-refractivity contribution is 0.0696. The average Bonchev–Trinajstić information content (AvgIpc) is 2.29. The first-order chi connectivity index (χ1) is 7.74. The molecule has 0 atom stereocenters. The van der Waals surface area contributed by atoms with Gasteiger partial charge in [0.25, 0.3) is 0 Å². The summed E-state index contributed by atoms with van der Waals surface area (Å²) in [6.07, 6.45) is 6.20. The van der Waals surface area contributed by atoms with Gasteiger partial charge in [-0.1, -0.05) is 26.2 Å². The topological polar surface area (TPSA) is 62.2 Å². The fraction of sp³-hybridized carbons (Fsp3) is 0.500. The van der Waals surface area contributed by atoms with E-state index in [-0.39, 0.29) is 5.56 Å². The molecule has 4 heteroatoms. The van der Waals surface area contributed by atoms with Gasteiger partial charge in [0.05, 0.1) is 5.56 Å². The number of carboxylic acids is 1. The van der Waals surface area contributed by atoms with Crippen molar-refractivity contribution in [1.82, 2.24) is 4.98 Å². The van der Waals surface area contributed by atoms with Crippen LogP contribution in [0.3, 0.4) is 0 Å². The van der Waals surface area contributed by atoms with Crippen molar-refractivity contribution >= 4 is 11.8 Å². The SMILES string of the molecule is CCCCCCNc1ccc(C(=O)O)cn1. The molecule has 4 nitrogen and oxygen atoms in total. The van der Waals surface area contributed by atoms with Gasteiger partial charge in [-0.15, -0.1) is 0 Å². The van der Waals surface area contributed by atoms with E-state index < -0.39 is 5.97 Å². The van der Waals surface area contributed by atoms with Crippen LogP contribution < -0.4 is 5.32 Å². The van der Waals surface area contributed by atoms with Gasteiger partial charge in [0, 0.05) is 12.7 Å². The zero-order valence-electron chi connectivity index (χ0n) is 9.57. The van der Waals surface area contributed by atoms with Gasteiger partial charge in [-0.2, -0.15) is 0 Å². The number of hydrogen-bond acceptors (Lipinski definition) is 3. The highest BCUT2D eigenvalue weighted by Crippen LogP contribution is 2.06. The smallest absolute Gasteiger partial charge is 0.337 e. The minimum atomic E-state index is -0.943. The number of carbonyl (C=O) groups is 1. The number of rotatable bonds is 7. The molecule has 0 fully saturated rings. The summed E-state index contributed by atoms with van der Waals surface area (Å²) in [5.41, 5.74) is 0.219. The summed E-state index contributed by atoms with van der Waals surface area (Å²) in [5, 5.41) is 11.9. The fourth-order valence-electron chi connectivity index (χ4n) is 1.39. The fourth-order valence-corrected chi connectivity index (χ4v) is 1.39. The molecule has 0 aliphatic heterocycles. The Kier molecular flexibility index (Phi) is 5.32. The summed E-state index contributed by atoms with van der Waals surface area (Å²) in [6.45, 7) is 3.07. The largest absolute Gasteiger partial charge is 0.478 e. The van der Waals surface area contributed by atoms with E-state index in [0.29, 0.717) is 0 Å². The lowest BCUT2D eigenvalue weighted by Crippen LogP contribution is -2.04. The highest BCUT2D eigenvalue weighted by molar-refractivity contribution is 5.87. The highest BCUT2D eigenvalue weighted by atomic mass is 16.4. The summed E-state index contributed by atoms with van der Waals surface area (Å²) in [4.78, 5) is 14.6. The molecule has 0 aromatic carbocycles. The minimum Gasteiger partial charge on any atom is -0.478 e. The number of anilines is 1. The normalized spacial score (nSPS) is 10.1. The molecule has 1 rings (SSSR count). The molecule has 0 saturated carbocycles. The number of hydrogen-bond donors (Lipinski definition) is 2. The number of aromatic nitrogens is 1. The van der Waals surface area contributed by atoms with Crippen LogP contribution in [0.2, 0.25) is 0 Å². The van der Waals surface area contributed by atoms with Gasteiger partial charge in [-0.3, -0.25) is 0 Å². The maximum atomic E-state index is 10.6. The van der Waals surface area contributed by atoms with E-state index in [1.807, 2.05) is 0 Å². The van der Waals surface area contributed by atoms with Gasteiger partial charge in [0.1, 0.15) is 5.82 Å². The quantitative estimate of drug-likeness (QED) is 0.696. The van der Waals surface area contributed by atoms with Crippen LogP contribution >= 0.6 is 0 Å². The van der Waals surface area contributed by atoms with E-state index in [1.165, 1.54) is 25.5 Å². The van der Waals surface area contributed by atoms with Crippen LogP contribution in [-0.2, 0) is 0 Å². The van der Waals surface area contributed by atoms with E-state index >= 15 is 0 Å². The number of aromatic carboxylic acids is 1. The number of nitrogens with one attached hydrogen (secondary N) is 1. The maximum Gasteiger partial charge on any atom is 0.337 e. The molecule has 0 bridgehead atoms. The van der Waals surface area contributed by atoms with E-state index in [4.69, 9.17) is 5.11 Å². The number of pyridine rings is 1. The molecular formula is C12H18N2O2. The zero-order chi connectivity index (χ0) is 11.8. The highest BCUT2D eigenvalue weighted by Gasteiger charge is 2.01. The van der Waals surface area contributed by atoms with Crippen LogP contribution in [0.15, 0.2) is 18.3 Å². The monoisotopic (exact) mass is 222 g/mol. The van der Waals surface area contributed by atoms with E-state index in [1.54, 1.807) is 12.1 Å². The molecule has 0 amide bonds. The lowest BCUT2D eigenvalue weighted by atomic mass is 10.2. The van der Waals surface area contributed by atoms with Crippen LogP contribution in [0.5, 0.6) is 0 Å². The van der Waals surface area contributed by atoms with Gasteiger partial charge < -0.3 is 10.4 Å². The van der Waals surface area contributed by atoms with Crippen molar-refractivity contribution in [1.29, 1.82) is 0 Å². The van der Waals surface area contributed by atoms with Crippen LogP contribution in [-0.4, -0.2) is 22.6 Å². The number of nitrogens with zero attached hydrogens (tertiary/aromatic N) is 1. The third-order valence-corrected chi connectivity index (χ3v) is 2.35. The Morgan fingerprint density at radius 1 is 1.38 bits per heavy atom. The van der Waals surface area contributed by atoms with Crippen LogP contribution in [0, 0.1) is 0 Å². The molecule has 0 radical (unpaired) electrons. The molecule has 0 saturated heterocycles. The van der Waals surface area contributed by atoms with Gasteiger partial charge in [-0.25, -0.2) is 9.78 Å². The molecule has 16 heavy (non-hydrogen) atoms. The van der Waals surface area contributed by atoms with Crippen molar-refractivity contribution < 1.29 is 9.90 Å². The second-order valence-electron chi connectivity index (χ2n) is 3.72. The molecular weight excluding hydrogens is 204 g/mol. The maximum absolute atomic E-state index is 10.6. The molecule has 2 N–H and O–H groups in total. The van der Waals surface area contributed by atoms with E-state index in [9.17, 15) is 4.79 Å². The van der Waals surface area contributed by atoms with Crippen molar-refractivity contribution in [3.63, 3.8) is 0 Å². The molecule has 0 spiro atoms. The van der Waals surface area contributed by atoms with Crippen molar-refractivity contribution in [2.75, 3.05) is 11.9 Å². The Bertz CT molecular complexity index is 322. The van der Waals surface area contributed by atoms with Gasteiger partial charge >= 0.3 is 5.97 Å². The van der Waals surface area contributed by atoms with Crippen molar-refractivity contribution in [2.45, 2.75) is 32.6 Å². The summed E-state index contributed by atoms with van der Waals surface area (Å²) >= 11 is 0. The predicted octanol–water partition coefficient (Wildman–Crippen LogP) is 2.77. The summed E-state index contributed by atoms with van der Waals surface area (Å²) < 4.78 is 0. The Labute approximate surface area is 95.7 Å². The Morgan fingerprint density at radius 2 is 2.19 bits per heavy atom. The molecule has 1 aromatic rings. The van der Waals surface area contributed by atoms with E-state index in [2.05, 4.69) is 17.2 Å². The predicted molar refractivity (Wildman–Crippen MR) is 63.8 cm³/mol. The van der Waals surface area contributed by atoms with Crippen molar-refractivity contribution in [2.24, 2.45) is 0 Å². The molecule has 0 aliphatic carbocycles. The second-order valence-corrected chi connectivity index (χ2v) is 3.72. The Morgan fingerprint density at radius 3 is 2.75 bits per heavy atom. The summed E-state index contributed by atoms with van der Waals surface area (Å²) in [6, 6.07) is 3.26. The number of unbranched alkanes of at least 4 members (excludes halogenated alkanes) is 3. The lowest BCUT2D eigenvalue weighted by Gasteiger charge is -2.04. The standard InChI is InChI=1S/C12H18N2O2/c1-2-3-4-5-8-13-11-7-6-10(9-14-11)12(15)16/h6-7,9H,2-5,8H2,1H3,(H,13,14)(H,15,16). The molecule has 88 valence electrons. The zero-order valence-corrected chi connectivity index (χ0v) is 9.57. The van der Waals surface area contributed by atoms with Crippen LogP contribution in [0.4, 0.5) is 5.82 Å². The second kappa shape index (κ2) is 6.82. The van der Waals surface area contributed by atoms with E-state index in [0.717, 1.165) is 18.8 Å². The summed E-state index contributed by atoms with van der Waals surface area (Å²) in [7, 11) is 0. The average molecular weight is 222 g/mol. The van der Waals surface area contributed by atoms with Gasteiger partial charge in [0.15, 0.2) is 0 Å².